The molecule has 5 nitrogen and oxygen atoms in total. The first-order valence-electron chi connectivity index (χ1n) is 8.40. The standard InChI is InChI=1S/C19H21ClFN5S/c1-12-18(13-6-16(10-23-8-13)27-25(2)3)19-17(7-14(20)9-24-19)26(12)11-15(21)4-5-22/h4,6-10H,5,11,22H2,1-3H3/b15-4-. The maximum Gasteiger partial charge on any atom is 0.117 e. The van der Waals surface area contributed by atoms with Gasteiger partial charge in [-0.1, -0.05) is 11.6 Å². The topological polar surface area (TPSA) is 60.0 Å². The molecule has 0 aliphatic carbocycles. The number of nitrogens with zero attached hydrogens (tertiary/aromatic N) is 4. The smallest absolute Gasteiger partial charge is 0.117 e. The van der Waals surface area contributed by atoms with Crippen LogP contribution in [0.15, 0.2) is 47.5 Å². The monoisotopic (exact) mass is 405 g/mol. The van der Waals surface area contributed by atoms with Gasteiger partial charge in [0.05, 0.1) is 22.6 Å². The molecule has 0 saturated heterocycles. The van der Waals surface area contributed by atoms with Crippen LogP contribution in [-0.2, 0) is 6.54 Å². The Morgan fingerprint density at radius 3 is 2.81 bits per heavy atom. The number of fused-ring (bicyclic) bond motifs is 1. The number of hydrogen-bond donors (Lipinski definition) is 1. The van der Waals surface area contributed by atoms with E-state index in [0.717, 1.165) is 32.7 Å². The third kappa shape index (κ3) is 4.32. The number of rotatable bonds is 6. The van der Waals surface area contributed by atoms with Crippen LogP contribution in [0.5, 0.6) is 0 Å². The molecule has 0 atom stereocenters. The first-order valence-corrected chi connectivity index (χ1v) is 9.55. The maximum absolute atomic E-state index is 14.2. The van der Waals surface area contributed by atoms with Crippen LogP contribution in [0.1, 0.15) is 5.69 Å². The molecule has 3 rings (SSSR count). The molecule has 0 radical (unpaired) electrons. The van der Waals surface area contributed by atoms with Gasteiger partial charge in [0.2, 0.25) is 0 Å². The van der Waals surface area contributed by atoms with E-state index in [4.69, 9.17) is 17.3 Å². The molecule has 0 fully saturated rings. The second-order valence-electron chi connectivity index (χ2n) is 6.27. The molecule has 3 aromatic rings. The summed E-state index contributed by atoms with van der Waals surface area (Å²) in [4.78, 5) is 9.90. The summed E-state index contributed by atoms with van der Waals surface area (Å²) in [6, 6.07) is 3.87. The molecule has 3 heterocycles. The average molecular weight is 406 g/mol. The summed E-state index contributed by atoms with van der Waals surface area (Å²) in [5, 5.41) is 0.506. The third-order valence-electron chi connectivity index (χ3n) is 4.07. The van der Waals surface area contributed by atoms with Gasteiger partial charge in [-0.3, -0.25) is 14.3 Å². The SMILES string of the molecule is Cc1c(-c2cncc(SN(C)C)c2)c2ncc(Cl)cc2n1C/C(F)=C/CN. The highest BCUT2D eigenvalue weighted by Gasteiger charge is 2.19. The number of halogens is 2. The van der Waals surface area contributed by atoms with Gasteiger partial charge in [-0.25, -0.2) is 4.39 Å². The molecular weight excluding hydrogens is 385 g/mol. The number of aromatic nitrogens is 3. The molecule has 142 valence electrons. The van der Waals surface area contributed by atoms with E-state index >= 15 is 0 Å². The van der Waals surface area contributed by atoms with Crippen LogP contribution < -0.4 is 5.73 Å². The van der Waals surface area contributed by atoms with Crippen LogP contribution >= 0.6 is 23.5 Å². The average Bonchev–Trinajstić information content (AvgIpc) is 2.86. The molecule has 0 aliphatic heterocycles. The molecule has 8 heteroatoms. The van der Waals surface area contributed by atoms with Crippen molar-refractivity contribution in [3.05, 3.63) is 53.3 Å². The zero-order chi connectivity index (χ0) is 19.6. The number of allylic oxidation sites excluding steroid dienone is 1. The van der Waals surface area contributed by atoms with Gasteiger partial charge in [0, 0.05) is 46.9 Å². The summed E-state index contributed by atoms with van der Waals surface area (Å²) in [6.45, 7) is 2.19. The Morgan fingerprint density at radius 1 is 1.33 bits per heavy atom. The predicted octanol–water partition coefficient (Wildman–Crippen LogP) is 4.44. The lowest BCUT2D eigenvalue weighted by Crippen LogP contribution is -2.03. The van der Waals surface area contributed by atoms with Crippen molar-refractivity contribution >= 4 is 34.6 Å². The number of nitrogens with two attached hydrogens (primary N) is 1. The highest BCUT2D eigenvalue weighted by molar-refractivity contribution is 7.97. The van der Waals surface area contributed by atoms with Crippen LogP contribution in [-0.4, -0.2) is 39.5 Å². The summed E-state index contributed by atoms with van der Waals surface area (Å²) in [5.41, 5.74) is 9.74. The molecule has 2 N–H and O–H groups in total. The highest BCUT2D eigenvalue weighted by atomic mass is 35.5. The quantitative estimate of drug-likeness (QED) is 0.614. The molecule has 0 unspecified atom stereocenters. The Bertz CT molecular complexity index is 999. The van der Waals surface area contributed by atoms with E-state index < -0.39 is 0 Å². The molecule has 3 aromatic heterocycles. The van der Waals surface area contributed by atoms with Crippen molar-refractivity contribution in [3.63, 3.8) is 0 Å². The molecule has 0 saturated carbocycles. The van der Waals surface area contributed by atoms with E-state index in [1.165, 1.54) is 6.08 Å². The van der Waals surface area contributed by atoms with Crippen LogP contribution in [0.4, 0.5) is 4.39 Å². The van der Waals surface area contributed by atoms with Crippen molar-refractivity contribution in [2.24, 2.45) is 5.73 Å². The van der Waals surface area contributed by atoms with E-state index in [2.05, 4.69) is 16.0 Å². The highest BCUT2D eigenvalue weighted by Crippen LogP contribution is 2.36. The molecular formula is C19H21ClFN5S. The van der Waals surface area contributed by atoms with E-state index in [1.807, 2.05) is 42.2 Å². The van der Waals surface area contributed by atoms with Gasteiger partial charge in [-0.15, -0.1) is 0 Å². The maximum atomic E-state index is 14.2. The Morgan fingerprint density at radius 2 is 2.11 bits per heavy atom. The molecule has 0 spiro atoms. The van der Waals surface area contributed by atoms with Gasteiger partial charge in [0.15, 0.2) is 0 Å². The summed E-state index contributed by atoms with van der Waals surface area (Å²) >= 11 is 7.74. The van der Waals surface area contributed by atoms with Gasteiger partial charge in [0.25, 0.3) is 0 Å². The lowest BCUT2D eigenvalue weighted by molar-refractivity contribution is 0.555. The zero-order valence-electron chi connectivity index (χ0n) is 15.4. The third-order valence-corrected chi connectivity index (χ3v) is 5.07. The summed E-state index contributed by atoms with van der Waals surface area (Å²) in [6.07, 6.45) is 6.60. The lowest BCUT2D eigenvalue weighted by Gasteiger charge is -2.10. The van der Waals surface area contributed by atoms with Gasteiger partial charge >= 0.3 is 0 Å². The fourth-order valence-corrected chi connectivity index (χ4v) is 3.88. The van der Waals surface area contributed by atoms with Crippen molar-refractivity contribution in [2.75, 3.05) is 20.6 Å². The van der Waals surface area contributed by atoms with Crippen molar-refractivity contribution in [3.8, 4) is 11.1 Å². The zero-order valence-corrected chi connectivity index (χ0v) is 17.0. The van der Waals surface area contributed by atoms with E-state index in [0.29, 0.717) is 5.02 Å². The van der Waals surface area contributed by atoms with Crippen LogP contribution in [0.3, 0.4) is 0 Å². The minimum Gasteiger partial charge on any atom is -0.336 e. The lowest BCUT2D eigenvalue weighted by atomic mass is 10.1. The largest absolute Gasteiger partial charge is 0.336 e. The van der Waals surface area contributed by atoms with Gasteiger partial charge in [-0.05, 0) is 51.2 Å². The van der Waals surface area contributed by atoms with E-state index in [-0.39, 0.29) is 18.9 Å². The molecule has 0 aliphatic rings. The first kappa shape index (κ1) is 19.8. The van der Waals surface area contributed by atoms with Crippen molar-refractivity contribution in [1.29, 1.82) is 0 Å². The molecule has 0 aromatic carbocycles. The van der Waals surface area contributed by atoms with Crippen LogP contribution in [0.25, 0.3) is 22.2 Å². The Balaban J connectivity index is 2.19. The Kier molecular flexibility index (Phi) is 6.16. The normalized spacial score (nSPS) is 12.3. The Hall–Kier alpha value is -1.93. The molecule has 27 heavy (non-hydrogen) atoms. The van der Waals surface area contributed by atoms with Crippen molar-refractivity contribution < 1.29 is 4.39 Å². The second-order valence-corrected chi connectivity index (χ2v) is 8.09. The minimum atomic E-state index is -0.293. The van der Waals surface area contributed by atoms with E-state index in [1.54, 1.807) is 24.3 Å². The van der Waals surface area contributed by atoms with Gasteiger partial charge < -0.3 is 10.3 Å². The number of pyridine rings is 2. The van der Waals surface area contributed by atoms with Gasteiger partial charge in [-0.2, -0.15) is 0 Å². The molecule has 0 amide bonds. The van der Waals surface area contributed by atoms with E-state index in [9.17, 15) is 4.39 Å². The molecule has 0 bridgehead atoms. The first-order chi connectivity index (χ1) is 12.9. The van der Waals surface area contributed by atoms with Crippen LogP contribution in [0.2, 0.25) is 5.02 Å². The van der Waals surface area contributed by atoms with Crippen molar-refractivity contribution in [1.82, 2.24) is 18.8 Å². The fraction of sp³-hybridized carbons (Fsp3) is 0.263. The summed E-state index contributed by atoms with van der Waals surface area (Å²) in [5.74, 6) is -0.293. The van der Waals surface area contributed by atoms with Gasteiger partial charge in [0.1, 0.15) is 5.83 Å². The number of hydrogen-bond acceptors (Lipinski definition) is 5. The fourth-order valence-electron chi connectivity index (χ4n) is 3.02. The Labute approximate surface area is 167 Å². The second kappa shape index (κ2) is 8.39. The van der Waals surface area contributed by atoms with Crippen molar-refractivity contribution in [2.45, 2.75) is 18.4 Å². The van der Waals surface area contributed by atoms with Crippen LogP contribution in [0, 0.1) is 6.92 Å². The summed E-state index contributed by atoms with van der Waals surface area (Å²) < 4.78 is 18.1. The summed E-state index contributed by atoms with van der Waals surface area (Å²) in [7, 11) is 3.95. The predicted molar refractivity (Wildman–Crippen MR) is 111 cm³/mol. The minimum absolute atomic E-state index is 0.0844.